The molecule has 0 saturated carbocycles. The Morgan fingerprint density at radius 2 is 1.47 bits per heavy atom. The van der Waals surface area contributed by atoms with Gasteiger partial charge in [-0.1, -0.05) is 0 Å². The van der Waals surface area contributed by atoms with E-state index in [0.29, 0.717) is 0 Å². The molecular formula is C15H25GeS. The third-order valence-electron chi connectivity index (χ3n) is 2.90. The first-order valence-electron chi connectivity index (χ1n) is 6.85. The van der Waals surface area contributed by atoms with E-state index < -0.39 is 13.2 Å². The molecule has 95 valence electrons. The zero-order valence-corrected chi connectivity index (χ0v) is 14.4. The van der Waals surface area contributed by atoms with E-state index >= 15 is 0 Å². The summed E-state index contributed by atoms with van der Waals surface area (Å²) in [4.78, 5) is 1.51. The monoisotopic (exact) mass is 311 g/mol. The first kappa shape index (κ1) is 15.2. The second kappa shape index (κ2) is 9.10. The summed E-state index contributed by atoms with van der Waals surface area (Å²) in [6, 6.07) is 9.12. The summed E-state index contributed by atoms with van der Waals surface area (Å²) in [6.07, 6.45) is 5.60. The van der Waals surface area contributed by atoms with Crippen LogP contribution in [-0.4, -0.2) is 13.2 Å². The summed E-state index contributed by atoms with van der Waals surface area (Å²) < 4.78 is 0. The predicted molar refractivity (Wildman–Crippen MR) is 82.2 cm³/mol. The van der Waals surface area contributed by atoms with Gasteiger partial charge in [0.25, 0.3) is 0 Å². The number of rotatable bonds is 8. The topological polar surface area (TPSA) is 0 Å². The van der Waals surface area contributed by atoms with Crippen LogP contribution in [0.2, 0.25) is 10.5 Å². The summed E-state index contributed by atoms with van der Waals surface area (Å²) >= 11 is -0.877. The summed E-state index contributed by atoms with van der Waals surface area (Å²) in [5.74, 6) is 0. The van der Waals surface area contributed by atoms with Gasteiger partial charge in [0.2, 0.25) is 0 Å². The minimum atomic E-state index is -0.877. The molecule has 2 heteroatoms. The third-order valence-corrected chi connectivity index (χ3v) is 12.9. The number of benzene rings is 1. The Labute approximate surface area is 115 Å². The van der Waals surface area contributed by atoms with Gasteiger partial charge < -0.3 is 0 Å². The first-order valence-corrected chi connectivity index (χ1v) is 13.2. The van der Waals surface area contributed by atoms with E-state index in [1.807, 2.05) is 0 Å². The Bertz CT molecular complexity index is 286. The maximum atomic E-state index is 2.31. The van der Waals surface area contributed by atoms with Crippen molar-refractivity contribution in [2.24, 2.45) is 0 Å². The second-order valence-electron chi connectivity index (χ2n) is 4.66. The molecule has 1 aromatic rings. The van der Waals surface area contributed by atoms with Crippen LogP contribution in [0.25, 0.3) is 0 Å². The van der Waals surface area contributed by atoms with Gasteiger partial charge in [-0.05, 0) is 0 Å². The van der Waals surface area contributed by atoms with Crippen molar-refractivity contribution in [3.05, 3.63) is 29.8 Å². The molecule has 0 spiro atoms. The average molecular weight is 310 g/mol. The van der Waals surface area contributed by atoms with Crippen LogP contribution in [0.5, 0.6) is 0 Å². The van der Waals surface area contributed by atoms with Gasteiger partial charge in [0.15, 0.2) is 0 Å². The Morgan fingerprint density at radius 3 is 1.94 bits per heavy atom. The van der Waals surface area contributed by atoms with Gasteiger partial charge in [-0.2, -0.15) is 0 Å². The van der Waals surface area contributed by atoms with Gasteiger partial charge in [-0.3, -0.25) is 0 Å². The number of aryl methyl sites for hydroxylation is 1. The SMILES string of the molecule is CCC[CH2][Ge]([CH2]CCC)[S]c1ccc(C)cc1. The molecule has 17 heavy (non-hydrogen) atoms. The van der Waals surface area contributed by atoms with E-state index in [9.17, 15) is 0 Å². The molecule has 0 fully saturated rings. The first-order chi connectivity index (χ1) is 8.26. The molecule has 0 atom stereocenters. The summed E-state index contributed by atoms with van der Waals surface area (Å²) in [6.45, 7) is 6.79. The van der Waals surface area contributed by atoms with Crippen LogP contribution in [0.15, 0.2) is 29.2 Å². The van der Waals surface area contributed by atoms with Crippen molar-refractivity contribution in [1.82, 2.24) is 0 Å². The number of unbranched alkanes of at least 4 members (excludes halogenated alkanes) is 2. The molecule has 1 rings (SSSR count). The summed E-state index contributed by atoms with van der Waals surface area (Å²) in [5, 5.41) is 3.07. The van der Waals surface area contributed by atoms with Gasteiger partial charge >= 0.3 is 115 Å². The minimum absolute atomic E-state index is 0.877. The molecule has 1 aromatic carbocycles. The Morgan fingerprint density at radius 1 is 0.941 bits per heavy atom. The third kappa shape index (κ3) is 6.56. The fraction of sp³-hybridized carbons (Fsp3) is 0.600. The van der Waals surface area contributed by atoms with Crippen molar-refractivity contribution in [2.45, 2.75) is 61.9 Å². The van der Waals surface area contributed by atoms with E-state index in [2.05, 4.69) is 55.1 Å². The molecule has 0 saturated heterocycles. The van der Waals surface area contributed by atoms with Crippen molar-refractivity contribution < 1.29 is 0 Å². The standard InChI is InChI=1S/C15H25GeS/c1-4-6-12-16(13-7-5-2)17-15-10-8-14(3)9-11-15/h8-11H,4-7,12-13H2,1-3H3. The van der Waals surface area contributed by atoms with Crippen LogP contribution in [0.3, 0.4) is 0 Å². The Kier molecular flexibility index (Phi) is 8.12. The zero-order chi connectivity index (χ0) is 12.5. The number of hydrogen-bond acceptors (Lipinski definition) is 1. The molecule has 1 radical (unpaired) electrons. The van der Waals surface area contributed by atoms with Crippen LogP contribution in [-0.2, 0) is 0 Å². The molecule has 0 aromatic heterocycles. The Balaban J connectivity index is 2.48. The summed E-state index contributed by atoms with van der Waals surface area (Å²) in [5.41, 5.74) is 1.37. The van der Waals surface area contributed by atoms with E-state index in [1.54, 1.807) is 0 Å². The van der Waals surface area contributed by atoms with Crippen LogP contribution in [0.4, 0.5) is 0 Å². The van der Waals surface area contributed by atoms with Gasteiger partial charge in [-0.25, -0.2) is 0 Å². The van der Waals surface area contributed by atoms with Gasteiger partial charge in [0, 0.05) is 0 Å². The fourth-order valence-electron chi connectivity index (χ4n) is 1.75. The molecule has 0 nitrogen and oxygen atoms in total. The van der Waals surface area contributed by atoms with Crippen molar-refractivity contribution >= 4 is 23.3 Å². The van der Waals surface area contributed by atoms with Crippen LogP contribution < -0.4 is 0 Å². The molecule has 0 N–H and O–H groups in total. The van der Waals surface area contributed by atoms with Crippen molar-refractivity contribution in [3.63, 3.8) is 0 Å². The normalized spacial score (nSPS) is 11.1. The quantitative estimate of drug-likeness (QED) is 0.557. The zero-order valence-electron chi connectivity index (χ0n) is 11.5. The molecule has 0 amide bonds. The average Bonchev–Trinajstić information content (AvgIpc) is 2.35. The van der Waals surface area contributed by atoms with Gasteiger partial charge in [0.1, 0.15) is 0 Å². The second-order valence-corrected chi connectivity index (χ2v) is 14.0. The maximum absolute atomic E-state index is 2.31. The molecule has 0 bridgehead atoms. The van der Waals surface area contributed by atoms with Crippen molar-refractivity contribution in [2.75, 3.05) is 0 Å². The van der Waals surface area contributed by atoms with Crippen molar-refractivity contribution in [1.29, 1.82) is 0 Å². The van der Waals surface area contributed by atoms with E-state index in [4.69, 9.17) is 0 Å². The van der Waals surface area contributed by atoms with Crippen molar-refractivity contribution in [3.8, 4) is 0 Å². The fourth-order valence-corrected chi connectivity index (χ4v) is 12.0. The molecule has 0 aliphatic heterocycles. The van der Waals surface area contributed by atoms with Gasteiger partial charge in [-0.15, -0.1) is 0 Å². The molecule has 0 unspecified atom stereocenters. The predicted octanol–water partition coefficient (Wildman–Crippen LogP) is 5.68. The van der Waals surface area contributed by atoms with Crippen LogP contribution >= 0.6 is 10.1 Å². The molecule has 0 aliphatic rings. The molecule has 0 heterocycles. The van der Waals surface area contributed by atoms with Crippen LogP contribution in [0, 0.1) is 6.92 Å². The summed E-state index contributed by atoms with van der Waals surface area (Å²) in [7, 11) is 2.24. The van der Waals surface area contributed by atoms with Gasteiger partial charge in [0.05, 0.1) is 0 Å². The van der Waals surface area contributed by atoms with Crippen LogP contribution in [0.1, 0.15) is 45.1 Å². The van der Waals surface area contributed by atoms with E-state index in [0.717, 1.165) is 0 Å². The Hall–Kier alpha value is 0.113. The number of hydrogen-bond donors (Lipinski definition) is 0. The molecular weight excluding hydrogens is 285 g/mol. The van der Waals surface area contributed by atoms with E-state index in [1.165, 1.54) is 46.6 Å². The molecule has 0 aliphatic carbocycles. The van der Waals surface area contributed by atoms with E-state index in [-0.39, 0.29) is 0 Å².